The first-order chi connectivity index (χ1) is 10.6. The molecule has 0 saturated heterocycles. The van der Waals surface area contributed by atoms with E-state index in [1.165, 1.54) is 12.3 Å². The van der Waals surface area contributed by atoms with Gasteiger partial charge in [-0.25, -0.2) is 4.79 Å². The van der Waals surface area contributed by atoms with Crippen LogP contribution in [0.4, 0.5) is 10.5 Å². The molecule has 1 rings (SSSR count). The van der Waals surface area contributed by atoms with Crippen LogP contribution >= 0.6 is 11.8 Å². The Labute approximate surface area is 136 Å². The van der Waals surface area contributed by atoms with Crippen molar-refractivity contribution < 1.29 is 19.9 Å². The molecule has 3 N–H and O–H groups in total. The van der Waals surface area contributed by atoms with Crippen molar-refractivity contribution in [3.63, 3.8) is 0 Å². The highest BCUT2D eigenvalue weighted by Gasteiger charge is 2.33. The van der Waals surface area contributed by atoms with Crippen LogP contribution in [0.1, 0.15) is 20.8 Å². The van der Waals surface area contributed by atoms with Crippen LogP contribution in [0.2, 0.25) is 0 Å². The van der Waals surface area contributed by atoms with Crippen molar-refractivity contribution in [2.75, 3.05) is 12.4 Å². The van der Waals surface area contributed by atoms with Crippen LogP contribution in [-0.4, -0.2) is 55.1 Å². The van der Waals surface area contributed by atoms with Gasteiger partial charge in [0, 0.05) is 17.5 Å². The quantitative estimate of drug-likeness (QED) is 0.404. The van der Waals surface area contributed by atoms with E-state index >= 15 is 0 Å². The van der Waals surface area contributed by atoms with Crippen LogP contribution in [0.25, 0.3) is 0 Å². The molecule has 9 nitrogen and oxygen atoms in total. The predicted octanol–water partition coefficient (Wildman–Crippen LogP) is 1.51. The third-order valence-electron chi connectivity index (χ3n) is 3.02. The van der Waals surface area contributed by atoms with Crippen molar-refractivity contribution >= 4 is 23.5 Å². The van der Waals surface area contributed by atoms with E-state index in [9.17, 15) is 29.9 Å². The third-order valence-corrected chi connectivity index (χ3v) is 4.21. The normalized spacial score (nSPS) is 12.7. The molecule has 0 unspecified atom stereocenters. The maximum atomic E-state index is 11.5. The molecule has 0 aliphatic carbocycles. The Bertz CT molecular complexity index is 639. The van der Waals surface area contributed by atoms with E-state index in [0.717, 1.165) is 16.7 Å². The molecule has 0 fully saturated rings. The molecule has 1 amide bonds. The highest BCUT2D eigenvalue weighted by Crippen LogP contribution is 2.28. The number of hydrogen-bond acceptors (Lipinski definition) is 6. The molecular weight excluding hydrogens is 326 g/mol. The van der Waals surface area contributed by atoms with Crippen molar-refractivity contribution in [1.82, 2.24) is 9.88 Å². The molecule has 1 aromatic heterocycles. The van der Waals surface area contributed by atoms with E-state index in [2.05, 4.69) is 4.98 Å². The Morgan fingerprint density at radius 3 is 2.57 bits per heavy atom. The molecule has 1 heterocycles. The molecule has 1 aromatic rings. The second kappa shape index (κ2) is 7.47. The number of carboxylic acid groups (broad SMARTS) is 1. The summed E-state index contributed by atoms with van der Waals surface area (Å²) in [7, 11) is 0. The average molecular weight is 345 g/mol. The third kappa shape index (κ3) is 4.70. The molecule has 0 bridgehead atoms. The topological polar surface area (TPSA) is 137 Å². The van der Waals surface area contributed by atoms with E-state index in [0.29, 0.717) is 0 Å². The Kier molecular flexibility index (Phi) is 6.16. The van der Waals surface area contributed by atoms with Crippen LogP contribution in [0.3, 0.4) is 0 Å². The van der Waals surface area contributed by atoms with Gasteiger partial charge in [-0.2, -0.15) is 0 Å². The second-order valence-electron chi connectivity index (χ2n) is 5.75. The summed E-state index contributed by atoms with van der Waals surface area (Å²) in [5.41, 5.74) is -2.17. The molecule has 0 aliphatic heterocycles. The van der Waals surface area contributed by atoms with Crippen molar-refractivity contribution in [3.8, 4) is 0 Å². The van der Waals surface area contributed by atoms with E-state index < -0.39 is 40.5 Å². The number of nitrogens with zero attached hydrogens (tertiary/aromatic N) is 2. The van der Waals surface area contributed by atoms with Gasteiger partial charge in [-0.3, -0.25) is 19.8 Å². The fourth-order valence-corrected chi connectivity index (χ4v) is 3.22. The van der Waals surface area contributed by atoms with Gasteiger partial charge in [0.15, 0.2) is 0 Å². The van der Waals surface area contributed by atoms with E-state index in [1.807, 2.05) is 0 Å². The van der Waals surface area contributed by atoms with Crippen molar-refractivity contribution in [3.05, 3.63) is 32.7 Å². The number of nitro groups is 1. The fraction of sp³-hybridized carbons (Fsp3) is 0.538. The Balaban J connectivity index is 3.03. The number of aliphatic hydroxyl groups excluding tert-OH is 1. The van der Waals surface area contributed by atoms with Gasteiger partial charge in [-0.1, -0.05) is 0 Å². The lowest BCUT2D eigenvalue weighted by Crippen LogP contribution is -2.53. The average Bonchev–Trinajstić information content (AvgIpc) is 2.40. The summed E-state index contributed by atoms with van der Waals surface area (Å²) in [6.07, 6.45) is 0.0854. The summed E-state index contributed by atoms with van der Waals surface area (Å²) in [4.78, 5) is 36.6. The lowest BCUT2D eigenvalue weighted by Gasteiger charge is -2.38. The van der Waals surface area contributed by atoms with E-state index in [4.69, 9.17) is 0 Å². The van der Waals surface area contributed by atoms with Gasteiger partial charge < -0.3 is 15.2 Å². The molecular formula is C13H19N3O6S. The predicted molar refractivity (Wildman–Crippen MR) is 84.9 cm³/mol. The molecule has 128 valence electrons. The zero-order valence-electron chi connectivity index (χ0n) is 13.0. The van der Waals surface area contributed by atoms with Crippen LogP contribution in [0.15, 0.2) is 22.0 Å². The number of aromatic nitrogens is 1. The minimum atomic E-state index is -1.20. The zero-order valence-corrected chi connectivity index (χ0v) is 13.8. The van der Waals surface area contributed by atoms with Gasteiger partial charge in [0.25, 0.3) is 0 Å². The fourth-order valence-electron chi connectivity index (χ4n) is 2.13. The number of carbonyl (C=O) groups is 1. The summed E-state index contributed by atoms with van der Waals surface area (Å²) < 4.78 is 0. The van der Waals surface area contributed by atoms with E-state index in [1.54, 1.807) is 20.8 Å². The lowest BCUT2D eigenvalue weighted by molar-refractivity contribution is -0.389. The number of aromatic amines is 1. The highest BCUT2D eigenvalue weighted by atomic mass is 32.2. The van der Waals surface area contributed by atoms with Crippen molar-refractivity contribution in [1.29, 1.82) is 0 Å². The molecule has 10 heteroatoms. The van der Waals surface area contributed by atoms with Crippen LogP contribution in [0, 0.1) is 10.1 Å². The number of thioether (sulfide) groups is 1. The first-order valence-electron chi connectivity index (χ1n) is 6.71. The van der Waals surface area contributed by atoms with E-state index in [-0.39, 0.29) is 10.6 Å². The maximum Gasteiger partial charge on any atom is 0.408 e. The number of aliphatic hydroxyl groups is 1. The number of rotatable bonds is 6. The number of pyridine rings is 1. The van der Waals surface area contributed by atoms with Crippen molar-refractivity contribution in [2.45, 2.75) is 37.2 Å². The molecule has 23 heavy (non-hydrogen) atoms. The largest absolute Gasteiger partial charge is 0.465 e. The summed E-state index contributed by atoms with van der Waals surface area (Å²) in [6, 6.07) is 0.609. The summed E-state index contributed by atoms with van der Waals surface area (Å²) in [5.74, 6) is 0.0738. The number of H-pyrrole nitrogens is 1. The monoisotopic (exact) mass is 345 g/mol. The minimum absolute atomic E-state index is 0.0738. The first-order valence-corrected chi connectivity index (χ1v) is 7.70. The van der Waals surface area contributed by atoms with Gasteiger partial charge in [-0.05, 0) is 26.8 Å². The molecule has 0 saturated carbocycles. The second-order valence-corrected chi connectivity index (χ2v) is 6.81. The number of nitrogens with one attached hydrogen (secondary N) is 1. The highest BCUT2D eigenvalue weighted by molar-refractivity contribution is 7.99. The molecule has 0 spiro atoms. The van der Waals surface area contributed by atoms with Gasteiger partial charge in [0.05, 0.1) is 22.5 Å². The van der Waals surface area contributed by atoms with Crippen molar-refractivity contribution in [2.24, 2.45) is 0 Å². The number of amides is 1. The first kappa shape index (κ1) is 19.0. The smallest absolute Gasteiger partial charge is 0.408 e. The molecule has 1 atom stereocenters. The van der Waals surface area contributed by atoms with Gasteiger partial charge in [-0.15, -0.1) is 11.8 Å². The zero-order chi connectivity index (χ0) is 17.8. The standard InChI is InChI=1S/C13H19N3O6S/c1-13(2,3)15(12(19)20)8(6-17)7-23-9-4-5-14-11(18)10(9)16(21)22/h4-5,8,17H,6-7H2,1-3H3,(H,14,18)(H,19,20)/t8-/m1/s1. The Hall–Kier alpha value is -2.07. The van der Waals surface area contributed by atoms with Gasteiger partial charge in [0.1, 0.15) is 0 Å². The minimum Gasteiger partial charge on any atom is -0.465 e. The SMILES string of the molecule is CC(C)(C)N(C(=O)O)[C@H](CO)CSc1cc[nH]c(=O)c1[N+](=O)[O-]. The molecule has 0 aliphatic rings. The summed E-state index contributed by atoms with van der Waals surface area (Å²) in [5, 5.41) is 29.8. The van der Waals surface area contributed by atoms with Crippen LogP contribution in [0.5, 0.6) is 0 Å². The van der Waals surface area contributed by atoms with Gasteiger partial charge >= 0.3 is 17.3 Å². The van der Waals surface area contributed by atoms with Crippen LogP contribution < -0.4 is 5.56 Å². The Morgan fingerprint density at radius 1 is 1.52 bits per heavy atom. The molecule has 0 radical (unpaired) electrons. The number of hydrogen-bond donors (Lipinski definition) is 3. The maximum absolute atomic E-state index is 11.5. The van der Waals surface area contributed by atoms with Crippen LogP contribution in [-0.2, 0) is 0 Å². The summed E-state index contributed by atoms with van der Waals surface area (Å²) in [6.45, 7) is 4.62. The summed E-state index contributed by atoms with van der Waals surface area (Å²) >= 11 is 0.957. The van der Waals surface area contributed by atoms with Gasteiger partial charge in [0.2, 0.25) is 0 Å². The Morgan fingerprint density at radius 2 is 2.13 bits per heavy atom. The molecule has 0 aromatic carbocycles. The lowest BCUT2D eigenvalue weighted by atomic mass is 10.0.